The minimum absolute atomic E-state index is 0.0148. The van der Waals surface area contributed by atoms with Crippen LogP contribution in [0.15, 0.2) is 42.5 Å². The third kappa shape index (κ3) is 5.02. The molecule has 4 nitrogen and oxygen atoms in total. The summed E-state index contributed by atoms with van der Waals surface area (Å²) in [6, 6.07) is 13.9. The molecule has 1 heterocycles. The second kappa shape index (κ2) is 9.25. The minimum atomic E-state index is -0.117. The van der Waals surface area contributed by atoms with Gasteiger partial charge in [0.25, 0.3) is 5.91 Å². The number of halogens is 1. The standard InChI is InChI=1S/C22H27ClN2O2/c1-16-8-7-9-17(2)22(16)27-15-21(26)24-14-20(25-12-5-6-13-25)18-10-3-4-11-19(18)23/h3-4,7-11,20H,5-6,12-15H2,1-2H3,(H,24,26). The Kier molecular flexibility index (Phi) is 6.75. The van der Waals surface area contributed by atoms with Crippen LogP contribution >= 0.6 is 11.6 Å². The average Bonchev–Trinajstić information content (AvgIpc) is 3.17. The van der Waals surface area contributed by atoms with Gasteiger partial charge in [-0.1, -0.05) is 48.0 Å². The highest BCUT2D eigenvalue weighted by atomic mass is 35.5. The molecule has 1 N–H and O–H groups in total. The SMILES string of the molecule is Cc1cccc(C)c1OCC(=O)NCC(c1ccccc1Cl)N1CCCC1. The number of nitrogens with zero attached hydrogens (tertiary/aromatic N) is 1. The van der Waals surface area contributed by atoms with Gasteiger partial charge in [0.15, 0.2) is 6.61 Å². The van der Waals surface area contributed by atoms with Crippen molar-refractivity contribution in [3.05, 3.63) is 64.2 Å². The first kappa shape index (κ1) is 19.7. The fourth-order valence-corrected chi connectivity index (χ4v) is 3.92. The van der Waals surface area contributed by atoms with Gasteiger partial charge in [-0.25, -0.2) is 0 Å². The van der Waals surface area contributed by atoms with Crippen LogP contribution in [0.1, 0.15) is 35.6 Å². The lowest BCUT2D eigenvalue weighted by Gasteiger charge is -2.29. The van der Waals surface area contributed by atoms with Gasteiger partial charge in [-0.15, -0.1) is 0 Å². The van der Waals surface area contributed by atoms with Crippen LogP contribution < -0.4 is 10.1 Å². The molecule has 1 unspecified atom stereocenters. The van der Waals surface area contributed by atoms with Gasteiger partial charge in [-0.3, -0.25) is 9.69 Å². The summed E-state index contributed by atoms with van der Waals surface area (Å²) in [4.78, 5) is 14.8. The van der Waals surface area contributed by atoms with E-state index in [9.17, 15) is 4.79 Å². The molecule has 2 aromatic carbocycles. The first-order valence-corrected chi connectivity index (χ1v) is 9.88. The van der Waals surface area contributed by atoms with E-state index in [4.69, 9.17) is 16.3 Å². The number of benzene rings is 2. The molecule has 0 radical (unpaired) electrons. The monoisotopic (exact) mass is 386 g/mol. The second-order valence-electron chi connectivity index (χ2n) is 7.09. The van der Waals surface area contributed by atoms with Crippen LogP contribution in [0.3, 0.4) is 0 Å². The van der Waals surface area contributed by atoms with Crippen molar-refractivity contribution in [3.63, 3.8) is 0 Å². The van der Waals surface area contributed by atoms with E-state index in [1.165, 1.54) is 12.8 Å². The van der Waals surface area contributed by atoms with Gasteiger partial charge in [0, 0.05) is 11.6 Å². The number of para-hydroxylation sites is 1. The van der Waals surface area contributed by atoms with Gasteiger partial charge < -0.3 is 10.1 Å². The zero-order valence-electron chi connectivity index (χ0n) is 16.0. The molecular weight excluding hydrogens is 360 g/mol. The van der Waals surface area contributed by atoms with Gasteiger partial charge in [0.2, 0.25) is 0 Å². The number of carbonyl (C=O) groups excluding carboxylic acids is 1. The Bertz CT molecular complexity index is 767. The van der Waals surface area contributed by atoms with Crippen LogP contribution in [-0.2, 0) is 4.79 Å². The van der Waals surface area contributed by atoms with Crippen molar-refractivity contribution in [2.24, 2.45) is 0 Å². The fraction of sp³-hybridized carbons (Fsp3) is 0.409. The Hall–Kier alpha value is -2.04. The summed E-state index contributed by atoms with van der Waals surface area (Å²) in [7, 11) is 0. The van der Waals surface area contributed by atoms with Crippen molar-refractivity contribution >= 4 is 17.5 Å². The van der Waals surface area contributed by atoms with E-state index in [0.29, 0.717) is 6.54 Å². The van der Waals surface area contributed by atoms with Crippen LogP contribution in [0.4, 0.5) is 0 Å². The lowest BCUT2D eigenvalue weighted by molar-refractivity contribution is -0.123. The van der Waals surface area contributed by atoms with Crippen LogP contribution in [-0.4, -0.2) is 37.0 Å². The maximum absolute atomic E-state index is 12.4. The quantitative estimate of drug-likeness (QED) is 0.771. The molecule has 144 valence electrons. The number of nitrogens with one attached hydrogen (secondary N) is 1. The first-order chi connectivity index (χ1) is 13.1. The molecule has 1 saturated heterocycles. The Morgan fingerprint density at radius 1 is 1.11 bits per heavy atom. The summed E-state index contributed by atoms with van der Waals surface area (Å²) >= 11 is 6.42. The molecule has 0 aromatic heterocycles. The number of likely N-dealkylation sites (tertiary alicyclic amines) is 1. The van der Waals surface area contributed by atoms with Gasteiger partial charge in [-0.05, 0) is 62.5 Å². The summed E-state index contributed by atoms with van der Waals surface area (Å²) in [6.07, 6.45) is 2.37. The average molecular weight is 387 g/mol. The number of carbonyl (C=O) groups is 1. The number of rotatable bonds is 7. The van der Waals surface area contributed by atoms with Crippen molar-refractivity contribution in [2.45, 2.75) is 32.7 Å². The Morgan fingerprint density at radius 3 is 2.44 bits per heavy atom. The van der Waals surface area contributed by atoms with Crippen molar-refractivity contribution < 1.29 is 9.53 Å². The van der Waals surface area contributed by atoms with Crippen LogP contribution in [0.2, 0.25) is 5.02 Å². The maximum Gasteiger partial charge on any atom is 0.258 e. The smallest absolute Gasteiger partial charge is 0.258 e. The van der Waals surface area contributed by atoms with Crippen molar-refractivity contribution in [2.75, 3.05) is 26.2 Å². The summed E-state index contributed by atoms with van der Waals surface area (Å²) in [5.41, 5.74) is 3.14. The zero-order valence-corrected chi connectivity index (χ0v) is 16.8. The lowest BCUT2D eigenvalue weighted by atomic mass is 10.1. The van der Waals surface area contributed by atoms with Gasteiger partial charge in [0.1, 0.15) is 5.75 Å². The highest BCUT2D eigenvalue weighted by Gasteiger charge is 2.25. The molecule has 0 spiro atoms. The molecule has 0 bridgehead atoms. The summed E-state index contributed by atoms with van der Waals surface area (Å²) in [5.74, 6) is 0.670. The minimum Gasteiger partial charge on any atom is -0.483 e. The number of hydrogen-bond donors (Lipinski definition) is 1. The van der Waals surface area contributed by atoms with Gasteiger partial charge >= 0.3 is 0 Å². The highest BCUT2D eigenvalue weighted by Crippen LogP contribution is 2.29. The van der Waals surface area contributed by atoms with Crippen LogP contribution in [0.5, 0.6) is 5.75 Å². The lowest BCUT2D eigenvalue weighted by Crippen LogP contribution is -2.38. The Morgan fingerprint density at radius 2 is 1.78 bits per heavy atom. The van der Waals surface area contributed by atoms with E-state index in [1.54, 1.807) is 0 Å². The number of amides is 1. The Balaban J connectivity index is 1.61. The Labute approximate surface area is 166 Å². The molecule has 2 aromatic rings. The van der Waals surface area contributed by atoms with E-state index in [1.807, 2.05) is 56.3 Å². The second-order valence-corrected chi connectivity index (χ2v) is 7.50. The highest BCUT2D eigenvalue weighted by molar-refractivity contribution is 6.31. The molecule has 1 fully saturated rings. The molecule has 0 saturated carbocycles. The third-order valence-electron chi connectivity index (χ3n) is 5.09. The maximum atomic E-state index is 12.4. The van der Waals surface area contributed by atoms with E-state index in [-0.39, 0.29) is 18.6 Å². The molecule has 3 rings (SSSR count). The molecule has 1 atom stereocenters. The fourth-order valence-electron chi connectivity index (χ4n) is 3.66. The molecule has 1 aliphatic rings. The van der Waals surface area contributed by atoms with Gasteiger partial charge in [0.05, 0.1) is 6.04 Å². The molecule has 1 aliphatic heterocycles. The van der Waals surface area contributed by atoms with Gasteiger partial charge in [-0.2, -0.15) is 0 Å². The largest absolute Gasteiger partial charge is 0.483 e. The third-order valence-corrected chi connectivity index (χ3v) is 5.44. The van der Waals surface area contributed by atoms with Crippen LogP contribution in [0.25, 0.3) is 0 Å². The topological polar surface area (TPSA) is 41.6 Å². The summed E-state index contributed by atoms with van der Waals surface area (Å²) in [6.45, 7) is 6.58. The molecular formula is C22H27ClN2O2. The van der Waals surface area contributed by atoms with E-state index < -0.39 is 0 Å². The first-order valence-electron chi connectivity index (χ1n) is 9.50. The molecule has 1 amide bonds. The summed E-state index contributed by atoms with van der Waals surface area (Å²) < 4.78 is 5.76. The predicted octanol–water partition coefficient (Wildman–Crippen LogP) is 4.29. The number of hydrogen-bond acceptors (Lipinski definition) is 3. The van der Waals surface area contributed by atoms with Crippen molar-refractivity contribution in [3.8, 4) is 5.75 Å². The normalized spacial score (nSPS) is 15.5. The molecule has 0 aliphatic carbocycles. The number of aryl methyl sites for hydroxylation is 2. The zero-order chi connectivity index (χ0) is 19.2. The predicted molar refractivity (Wildman–Crippen MR) is 109 cm³/mol. The van der Waals surface area contributed by atoms with E-state index in [2.05, 4.69) is 10.2 Å². The molecule has 27 heavy (non-hydrogen) atoms. The summed E-state index contributed by atoms with van der Waals surface area (Å²) in [5, 5.41) is 3.78. The molecule has 5 heteroatoms. The van der Waals surface area contributed by atoms with Crippen LogP contribution in [0, 0.1) is 13.8 Å². The number of ether oxygens (including phenoxy) is 1. The van der Waals surface area contributed by atoms with E-state index in [0.717, 1.165) is 40.6 Å². The van der Waals surface area contributed by atoms with Crippen molar-refractivity contribution in [1.29, 1.82) is 0 Å². The van der Waals surface area contributed by atoms with Crippen molar-refractivity contribution in [1.82, 2.24) is 10.2 Å². The van der Waals surface area contributed by atoms with E-state index >= 15 is 0 Å².